The molecule has 2 nitrogen and oxygen atoms in total. The van der Waals surface area contributed by atoms with Gasteiger partial charge in [-0.2, -0.15) is 0 Å². The molecule has 0 aliphatic carbocycles. The van der Waals surface area contributed by atoms with Crippen molar-refractivity contribution >= 4 is 58.3 Å². The average Bonchev–Trinajstić information content (AvgIpc) is 2.03. The third-order valence-electron chi connectivity index (χ3n) is 1.25. The van der Waals surface area contributed by atoms with Gasteiger partial charge in [0.05, 0.1) is 0 Å². The van der Waals surface area contributed by atoms with Crippen molar-refractivity contribution in [1.82, 2.24) is 0 Å². The third kappa shape index (κ3) is 5.62. The number of hydrogen-bond donors (Lipinski definition) is 1. The van der Waals surface area contributed by atoms with Gasteiger partial charge in [0.15, 0.2) is 11.1 Å². The summed E-state index contributed by atoms with van der Waals surface area (Å²) in [6.45, 7) is 0. The van der Waals surface area contributed by atoms with Crippen LogP contribution in [0.15, 0.2) is 29.7 Å². The number of rotatable bonds is 2. The molecule has 1 unspecified atom stereocenters. The molecule has 1 aromatic rings. The number of hydrogen-bond acceptors (Lipinski definition) is 1. The van der Waals surface area contributed by atoms with Crippen molar-refractivity contribution in [2.24, 2.45) is 0 Å². The average molecular weight is 227 g/mol. The molecule has 1 aromatic carbocycles. The summed E-state index contributed by atoms with van der Waals surface area (Å²) in [5.74, 6) is 0. The Hall–Kier alpha value is 0.360. The van der Waals surface area contributed by atoms with Crippen LogP contribution in [0.4, 0.5) is 0 Å². The zero-order chi connectivity index (χ0) is 8.97. The first-order chi connectivity index (χ1) is 5.68. The van der Waals surface area contributed by atoms with Crippen molar-refractivity contribution in [2.45, 2.75) is 0 Å². The molecule has 1 N–H and O–H groups in total. The maximum atomic E-state index is 10.2. The van der Waals surface area contributed by atoms with E-state index in [0.717, 1.165) is 5.56 Å². The normalized spacial score (nSPS) is 12.5. The van der Waals surface area contributed by atoms with Crippen LogP contribution in [0, 0.1) is 0 Å². The van der Waals surface area contributed by atoms with Crippen molar-refractivity contribution in [3.63, 3.8) is 0 Å². The van der Waals surface area contributed by atoms with E-state index in [1.54, 1.807) is 30.3 Å². The SMILES string of the molecule is O=S(O)C=Cc1ccc(Cl)cc1.[NaH]. The minimum absolute atomic E-state index is 0. The molecule has 0 amide bonds. The molecule has 0 aliphatic heterocycles. The van der Waals surface area contributed by atoms with E-state index in [-0.39, 0.29) is 29.6 Å². The molecular formula is C8H8ClNaO2S. The summed E-state index contributed by atoms with van der Waals surface area (Å²) in [7, 11) is 0. The van der Waals surface area contributed by atoms with E-state index >= 15 is 0 Å². The molecule has 0 saturated carbocycles. The Kier molecular flexibility index (Phi) is 6.95. The quantitative estimate of drug-likeness (QED) is 0.618. The van der Waals surface area contributed by atoms with Gasteiger partial charge in [-0.25, -0.2) is 4.21 Å². The third-order valence-corrected chi connectivity index (χ3v) is 1.87. The number of halogens is 1. The van der Waals surface area contributed by atoms with Gasteiger partial charge in [0, 0.05) is 10.4 Å². The molecule has 0 aromatic heterocycles. The summed E-state index contributed by atoms with van der Waals surface area (Å²) in [5, 5.41) is 1.85. The summed E-state index contributed by atoms with van der Waals surface area (Å²) in [6.07, 6.45) is 1.56. The summed E-state index contributed by atoms with van der Waals surface area (Å²) in [5.41, 5.74) is 0.849. The van der Waals surface area contributed by atoms with Crippen molar-refractivity contribution in [3.8, 4) is 0 Å². The van der Waals surface area contributed by atoms with Crippen LogP contribution < -0.4 is 0 Å². The van der Waals surface area contributed by atoms with Gasteiger partial charge < -0.3 is 4.55 Å². The predicted molar refractivity (Wildman–Crippen MR) is 58.4 cm³/mol. The first-order valence-corrected chi connectivity index (χ1v) is 4.77. The standard InChI is InChI=1S/C8H7ClO2S.Na.H/c9-8-3-1-7(2-4-8)5-6-12(10)11;;/h1-6H,(H,10,11);;. The van der Waals surface area contributed by atoms with E-state index in [1.165, 1.54) is 5.41 Å². The maximum absolute atomic E-state index is 10.2. The Morgan fingerprint density at radius 1 is 1.31 bits per heavy atom. The molecule has 1 atom stereocenters. The van der Waals surface area contributed by atoms with Crippen LogP contribution in [0.25, 0.3) is 6.08 Å². The molecule has 66 valence electrons. The first kappa shape index (κ1) is 13.4. The van der Waals surface area contributed by atoms with Crippen molar-refractivity contribution in [3.05, 3.63) is 40.3 Å². The van der Waals surface area contributed by atoms with Gasteiger partial charge in [-0.3, -0.25) is 0 Å². The van der Waals surface area contributed by atoms with Gasteiger partial charge in [-0.05, 0) is 23.8 Å². The summed E-state index contributed by atoms with van der Waals surface area (Å²) in [6, 6.07) is 6.99. The number of benzene rings is 1. The second kappa shape index (κ2) is 6.76. The van der Waals surface area contributed by atoms with E-state index in [9.17, 15) is 4.21 Å². The van der Waals surface area contributed by atoms with E-state index < -0.39 is 11.1 Å². The van der Waals surface area contributed by atoms with E-state index in [4.69, 9.17) is 16.2 Å². The minimum atomic E-state index is -1.88. The van der Waals surface area contributed by atoms with Crippen molar-refractivity contribution in [2.75, 3.05) is 0 Å². The van der Waals surface area contributed by atoms with Gasteiger partial charge in [0.25, 0.3) is 0 Å². The molecule has 5 heteroatoms. The fourth-order valence-corrected chi connectivity index (χ4v) is 1.11. The molecular weight excluding hydrogens is 219 g/mol. The Balaban J connectivity index is 0.00000144. The Bertz CT molecular complexity index is 310. The van der Waals surface area contributed by atoms with Gasteiger partial charge >= 0.3 is 29.6 Å². The van der Waals surface area contributed by atoms with Crippen LogP contribution in [0.1, 0.15) is 5.56 Å². The molecule has 1 rings (SSSR count). The Morgan fingerprint density at radius 3 is 2.31 bits per heavy atom. The summed E-state index contributed by atoms with van der Waals surface area (Å²) >= 11 is 3.76. The first-order valence-electron chi connectivity index (χ1n) is 3.22. The van der Waals surface area contributed by atoms with Gasteiger partial charge in [-0.15, -0.1) is 0 Å². The predicted octanol–water partition coefficient (Wildman–Crippen LogP) is 1.88. The van der Waals surface area contributed by atoms with Gasteiger partial charge in [0.1, 0.15) is 0 Å². The molecule has 0 aliphatic rings. The van der Waals surface area contributed by atoms with E-state index in [2.05, 4.69) is 0 Å². The van der Waals surface area contributed by atoms with Crippen molar-refractivity contribution in [1.29, 1.82) is 0 Å². The summed E-state index contributed by atoms with van der Waals surface area (Å²) in [4.78, 5) is 0. The second-order valence-corrected chi connectivity index (χ2v) is 3.39. The van der Waals surface area contributed by atoms with Crippen LogP contribution in [0.2, 0.25) is 5.02 Å². The fraction of sp³-hybridized carbons (Fsp3) is 0. The Labute approximate surface area is 107 Å². The molecule has 0 saturated heterocycles. The summed E-state index contributed by atoms with van der Waals surface area (Å²) < 4.78 is 18.7. The van der Waals surface area contributed by atoms with Crippen LogP contribution in [-0.4, -0.2) is 38.3 Å². The molecule has 0 fully saturated rings. The zero-order valence-electron chi connectivity index (χ0n) is 6.11. The van der Waals surface area contributed by atoms with E-state index in [0.29, 0.717) is 5.02 Å². The van der Waals surface area contributed by atoms with Crippen LogP contribution in [0.3, 0.4) is 0 Å². The molecule has 0 radical (unpaired) electrons. The van der Waals surface area contributed by atoms with Crippen LogP contribution in [0.5, 0.6) is 0 Å². The van der Waals surface area contributed by atoms with Crippen LogP contribution >= 0.6 is 11.6 Å². The van der Waals surface area contributed by atoms with Gasteiger partial charge in [-0.1, -0.05) is 23.7 Å². The second-order valence-electron chi connectivity index (χ2n) is 2.13. The topological polar surface area (TPSA) is 37.3 Å². The zero-order valence-corrected chi connectivity index (χ0v) is 7.68. The van der Waals surface area contributed by atoms with Crippen molar-refractivity contribution < 1.29 is 8.76 Å². The Morgan fingerprint density at radius 2 is 1.85 bits per heavy atom. The van der Waals surface area contributed by atoms with Crippen LogP contribution in [-0.2, 0) is 11.1 Å². The van der Waals surface area contributed by atoms with Gasteiger partial charge in [0.2, 0.25) is 0 Å². The fourth-order valence-electron chi connectivity index (χ4n) is 0.711. The molecule has 13 heavy (non-hydrogen) atoms. The van der Waals surface area contributed by atoms with E-state index in [1.807, 2.05) is 0 Å². The molecule has 0 spiro atoms. The molecule has 0 bridgehead atoms. The molecule has 0 heterocycles. The monoisotopic (exact) mass is 226 g/mol.